The van der Waals surface area contributed by atoms with Crippen LogP contribution in [0.5, 0.6) is 0 Å². The van der Waals surface area contributed by atoms with E-state index in [0.717, 1.165) is 19.3 Å². The molecule has 2 rings (SSSR count). The van der Waals surface area contributed by atoms with E-state index in [0.29, 0.717) is 6.42 Å². The molecule has 14 nitrogen and oxygen atoms in total. The number of rotatable bonds is 24. The van der Waals surface area contributed by atoms with Gasteiger partial charge in [0.2, 0.25) is 5.79 Å². The number of carbonyl (C=O) groups is 2. The average Bonchev–Trinajstić information content (AvgIpc) is 3.28. The van der Waals surface area contributed by atoms with Gasteiger partial charge in [-0.25, -0.2) is 4.79 Å². The molecule has 9 atom stereocenters. The minimum absolute atomic E-state index is 0.101. The molecule has 0 spiro atoms. The zero-order chi connectivity index (χ0) is 34.0. The number of carbonyl (C=O) groups excluding carboxylic acids is 2. The van der Waals surface area contributed by atoms with E-state index in [4.69, 9.17) is 23.7 Å². The van der Waals surface area contributed by atoms with Crippen LogP contribution in [0.25, 0.3) is 0 Å². The lowest BCUT2D eigenvalue weighted by Crippen LogP contribution is -2.62. The Kier molecular flexibility index (Phi) is 19.9. The molecular formula is C32H58O14. The molecule has 0 amide bonds. The fourth-order valence-electron chi connectivity index (χ4n) is 5.72. The lowest BCUT2D eigenvalue weighted by Gasteiger charge is -2.43. The molecule has 0 aromatic rings. The summed E-state index contributed by atoms with van der Waals surface area (Å²) in [5.74, 6) is -3.93. The Bertz CT molecular complexity index is 846. The van der Waals surface area contributed by atoms with Gasteiger partial charge in [0.15, 0.2) is 6.29 Å². The van der Waals surface area contributed by atoms with Crippen molar-refractivity contribution in [2.45, 2.75) is 164 Å². The molecule has 2 aliphatic heterocycles. The van der Waals surface area contributed by atoms with Gasteiger partial charge in [-0.1, -0.05) is 96.8 Å². The Morgan fingerprint density at radius 1 is 0.674 bits per heavy atom. The van der Waals surface area contributed by atoms with Crippen LogP contribution in [0.3, 0.4) is 0 Å². The van der Waals surface area contributed by atoms with Gasteiger partial charge in [0.25, 0.3) is 0 Å². The maximum Gasteiger partial charge on any atom is 0.339 e. The molecule has 2 saturated heterocycles. The van der Waals surface area contributed by atoms with Gasteiger partial charge in [-0.2, -0.15) is 0 Å². The van der Waals surface area contributed by atoms with Gasteiger partial charge < -0.3 is 59.4 Å². The van der Waals surface area contributed by atoms with Crippen molar-refractivity contribution in [1.82, 2.24) is 0 Å². The van der Waals surface area contributed by atoms with Crippen LogP contribution in [0.4, 0.5) is 0 Å². The largest absolute Gasteiger partial charge is 0.394 e. The number of hydrogen-bond donors (Lipinski definition) is 7. The Hall–Kier alpha value is -1.30. The fraction of sp³-hybridized carbons (Fsp3) is 0.938. The summed E-state index contributed by atoms with van der Waals surface area (Å²) in [4.78, 5) is 24.1. The van der Waals surface area contributed by atoms with Gasteiger partial charge in [-0.3, -0.25) is 4.79 Å². The van der Waals surface area contributed by atoms with Crippen LogP contribution in [0, 0.1) is 0 Å². The molecular weight excluding hydrogens is 608 g/mol. The highest BCUT2D eigenvalue weighted by Gasteiger charge is 2.58. The summed E-state index contributed by atoms with van der Waals surface area (Å²) in [6.07, 6.45) is 4.72. The quantitative estimate of drug-likeness (QED) is 0.0433. The Morgan fingerprint density at radius 2 is 1.22 bits per heavy atom. The molecule has 46 heavy (non-hydrogen) atoms. The number of esters is 2. The maximum atomic E-state index is 12.1. The number of unbranched alkanes of at least 4 members (excludes halogenated alkanes) is 14. The van der Waals surface area contributed by atoms with E-state index >= 15 is 0 Å². The van der Waals surface area contributed by atoms with Gasteiger partial charge >= 0.3 is 11.9 Å². The van der Waals surface area contributed by atoms with E-state index in [9.17, 15) is 45.3 Å². The molecule has 2 aliphatic rings. The number of ether oxygens (including phenoxy) is 5. The van der Waals surface area contributed by atoms with E-state index in [-0.39, 0.29) is 6.42 Å². The lowest BCUT2D eigenvalue weighted by molar-refractivity contribution is -0.384. The molecule has 2 fully saturated rings. The molecule has 0 radical (unpaired) electrons. The van der Waals surface area contributed by atoms with E-state index in [2.05, 4.69) is 6.92 Å². The van der Waals surface area contributed by atoms with Crippen molar-refractivity contribution >= 4 is 11.9 Å². The maximum absolute atomic E-state index is 12.1. The Balaban J connectivity index is 1.58. The van der Waals surface area contributed by atoms with Crippen molar-refractivity contribution in [3.8, 4) is 0 Å². The average molecular weight is 667 g/mol. The lowest BCUT2D eigenvalue weighted by atomic mass is 9.99. The zero-order valence-corrected chi connectivity index (χ0v) is 27.2. The third-order valence-corrected chi connectivity index (χ3v) is 8.60. The van der Waals surface area contributed by atoms with Crippen LogP contribution in [0.1, 0.15) is 110 Å². The number of aliphatic hydroxyl groups is 7. The summed E-state index contributed by atoms with van der Waals surface area (Å²) in [6, 6.07) is 0. The summed E-state index contributed by atoms with van der Waals surface area (Å²) >= 11 is 0. The normalized spacial score (nSPS) is 31.3. The summed E-state index contributed by atoms with van der Waals surface area (Å²) in [6.45, 7) is -0.654. The molecule has 0 saturated carbocycles. The Labute approximate surface area is 271 Å². The molecule has 2 heterocycles. The van der Waals surface area contributed by atoms with Gasteiger partial charge in [0.1, 0.15) is 55.9 Å². The second-order valence-corrected chi connectivity index (χ2v) is 12.4. The van der Waals surface area contributed by atoms with Gasteiger partial charge in [0, 0.05) is 6.42 Å². The molecule has 0 bridgehead atoms. The molecule has 0 aromatic heterocycles. The van der Waals surface area contributed by atoms with Crippen molar-refractivity contribution in [3.63, 3.8) is 0 Å². The third kappa shape index (κ3) is 13.3. The molecule has 14 heteroatoms. The van der Waals surface area contributed by atoms with Gasteiger partial charge in [0.05, 0.1) is 13.2 Å². The van der Waals surface area contributed by atoms with E-state index < -0.39 is 93.2 Å². The van der Waals surface area contributed by atoms with Crippen molar-refractivity contribution in [2.75, 3.05) is 26.4 Å². The highest BCUT2D eigenvalue weighted by atomic mass is 16.8. The third-order valence-electron chi connectivity index (χ3n) is 8.60. The first-order valence-electron chi connectivity index (χ1n) is 17.0. The van der Waals surface area contributed by atoms with Crippen molar-refractivity contribution in [3.05, 3.63) is 0 Å². The van der Waals surface area contributed by atoms with E-state index in [1.807, 2.05) is 0 Å². The van der Waals surface area contributed by atoms with E-state index in [1.165, 1.54) is 70.6 Å². The standard InChI is InChI=1S/C32H58O14/c1-2-3-4-5-6-7-8-9-10-11-12-13-14-15-16-17-24(35)44-25(36)20-42-19-23-26(37)28(39)29(40)31(43-23)46-32(21-34)30(41)27(38)22(18-33)45-32/h22-23,26-31,33-34,37-41H,2-21H2,1H3/t22-,23-,26-,27-,28+,29-,30+,31-,32+/m1/s1. The number of aliphatic hydroxyl groups excluding tert-OH is 7. The minimum atomic E-state index is -2.32. The zero-order valence-electron chi connectivity index (χ0n) is 27.2. The van der Waals surface area contributed by atoms with Crippen LogP contribution in [0.15, 0.2) is 0 Å². The highest BCUT2D eigenvalue weighted by molar-refractivity contribution is 5.86. The van der Waals surface area contributed by atoms with Crippen LogP contribution in [-0.4, -0.2) is 129 Å². The van der Waals surface area contributed by atoms with Crippen LogP contribution in [0.2, 0.25) is 0 Å². The summed E-state index contributed by atoms with van der Waals surface area (Å²) in [5, 5.41) is 70.4. The van der Waals surface area contributed by atoms with Gasteiger partial charge in [-0.15, -0.1) is 0 Å². The van der Waals surface area contributed by atoms with Crippen LogP contribution in [-0.2, 0) is 33.3 Å². The number of hydrogen-bond acceptors (Lipinski definition) is 14. The predicted molar refractivity (Wildman–Crippen MR) is 163 cm³/mol. The first-order valence-corrected chi connectivity index (χ1v) is 17.0. The van der Waals surface area contributed by atoms with Gasteiger partial charge in [-0.05, 0) is 6.42 Å². The summed E-state index contributed by atoms with van der Waals surface area (Å²) in [5.41, 5.74) is 0. The van der Waals surface area contributed by atoms with Crippen molar-refractivity contribution in [2.24, 2.45) is 0 Å². The fourth-order valence-corrected chi connectivity index (χ4v) is 5.72. The topological polar surface area (TPSA) is 222 Å². The van der Waals surface area contributed by atoms with E-state index in [1.54, 1.807) is 0 Å². The Morgan fingerprint density at radius 3 is 1.72 bits per heavy atom. The smallest absolute Gasteiger partial charge is 0.339 e. The first kappa shape index (κ1) is 40.9. The minimum Gasteiger partial charge on any atom is -0.394 e. The molecule has 270 valence electrons. The summed E-state index contributed by atoms with van der Waals surface area (Å²) < 4.78 is 26.1. The molecule has 0 aromatic carbocycles. The predicted octanol–water partition coefficient (Wildman–Crippen LogP) is 0.960. The highest BCUT2D eigenvalue weighted by Crippen LogP contribution is 2.36. The molecule has 0 unspecified atom stereocenters. The second-order valence-electron chi connectivity index (χ2n) is 12.4. The first-order chi connectivity index (χ1) is 22.1. The van der Waals surface area contributed by atoms with Crippen molar-refractivity contribution in [1.29, 1.82) is 0 Å². The molecule has 7 N–H and O–H groups in total. The SMILES string of the molecule is CCCCCCCCCCCCCCCCCC(=O)OC(=O)COC[C@H]1O[C@H](O[C@]2(CO)O[C@H](CO)[C@@H](O)[C@@H]2O)[C@H](O)[C@@H](O)[C@@H]1O. The van der Waals surface area contributed by atoms with Crippen LogP contribution >= 0.6 is 0 Å². The second kappa shape index (κ2) is 22.4. The monoisotopic (exact) mass is 666 g/mol. The van der Waals surface area contributed by atoms with Crippen LogP contribution < -0.4 is 0 Å². The van der Waals surface area contributed by atoms with Crippen molar-refractivity contribution < 1.29 is 69.0 Å². The molecule has 0 aliphatic carbocycles. The summed E-state index contributed by atoms with van der Waals surface area (Å²) in [7, 11) is 0.